The van der Waals surface area contributed by atoms with E-state index in [-0.39, 0.29) is 6.54 Å². The minimum atomic E-state index is -1.33. The second-order valence-corrected chi connectivity index (χ2v) is 5.87. The summed E-state index contributed by atoms with van der Waals surface area (Å²) in [5, 5.41) is 2.37. The Kier molecular flexibility index (Phi) is 5.72. The molecule has 0 unspecified atom stereocenters. The number of benzene rings is 1. The molecule has 1 saturated heterocycles. The van der Waals surface area contributed by atoms with Gasteiger partial charge in [-0.1, -0.05) is 51.1 Å². The average Bonchev–Trinajstić information content (AvgIpc) is 2.59. The lowest BCUT2D eigenvalue weighted by Gasteiger charge is -2.39. The molecular formula is C18H25N3O3. The van der Waals surface area contributed by atoms with Crippen molar-refractivity contribution in [2.45, 2.75) is 32.6 Å². The van der Waals surface area contributed by atoms with Crippen molar-refractivity contribution in [3.63, 3.8) is 0 Å². The first-order chi connectivity index (χ1) is 11.5. The summed E-state index contributed by atoms with van der Waals surface area (Å²) in [7, 11) is 0. The highest BCUT2D eigenvalue weighted by Gasteiger charge is 2.53. The second-order valence-electron chi connectivity index (χ2n) is 5.87. The van der Waals surface area contributed by atoms with Crippen LogP contribution in [0.5, 0.6) is 0 Å². The lowest BCUT2D eigenvalue weighted by Crippen LogP contribution is -2.66. The molecule has 0 aliphatic carbocycles. The molecule has 1 aliphatic rings. The van der Waals surface area contributed by atoms with Crippen molar-refractivity contribution < 1.29 is 14.4 Å². The van der Waals surface area contributed by atoms with Gasteiger partial charge in [0.1, 0.15) is 0 Å². The van der Waals surface area contributed by atoms with E-state index in [2.05, 4.69) is 10.2 Å². The number of hydrogen-bond acceptors (Lipinski definition) is 4. The molecule has 0 aromatic heterocycles. The van der Waals surface area contributed by atoms with Gasteiger partial charge in [0.15, 0.2) is 5.41 Å². The lowest BCUT2D eigenvalue weighted by atomic mass is 9.75. The Balaban J connectivity index is 2.33. The van der Waals surface area contributed by atoms with Crippen LogP contribution in [0, 0.1) is 0 Å². The highest BCUT2D eigenvalue weighted by Crippen LogP contribution is 2.33. The number of likely N-dealkylation sites (N-methyl/N-ethyl adjacent to an activating group) is 1. The van der Waals surface area contributed by atoms with Crippen LogP contribution in [-0.2, 0) is 15.0 Å². The van der Waals surface area contributed by atoms with Crippen LogP contribution in [-0.4, -0.2) is 53.8 Å². The standard InChI is InChI=1S/C18H25N3O3/c1-4-18(14-10-8-7-9-11-14)15(22)19-17(24)21(16(18)23)13-12-20(5-2)6-3/h7-11H,4-6,12-13H2,1-3H3,(H,19,22,24)/t18-/m0/s1. The van der Waals surface area contributed by atoms with Crippen LogP contribution in [0.2, 0.25) is 0 Å². The third-order valence-electron chi connectivity index (χ3n) is 4.79. The molecule has 1 fully saturated rings. The van der Waals surface area contributed by atoms with Gasteiger partial charge < -0.3 is 4.90 Å². The van der Waals surface area contributed by atoms with E-state index in [9.17, 15) is 14.4 Å². The zero-order chi connectivity index (χ0) is 17.7. The molecule has 6 nitrogen and oxygen atoms in total. The molecule has 2 rings (SSSR count). The van der Waals surface area contributed by atoms with Gasteiger partial charge >= 0.3 is 6.03 Å². The van der Waals surface area contributed by atoms with Gasteiger partial charge in [-0.15, -0.1) is 0 Å². The maximum atomic E-state index is 13.1. The number of imide groups is 2. The van der Waals surface area contributed by atoms with Crippen molar-refractivity contribution in [2.24, 2.45) is 0 Å². The van der Waals surface area contributed by atoms with Crippen molar-refractivity contribution >= 4 is 17.8 Å². The molecule has 24 heavy (non-hydrogen) atoms. The first-order valence-electron chi connectivity index (χ1n) is 8.46. The first-order valence-corrected chi connectivity index (χ1v) is 8.46. The summed E-state index contributed by atoms with van der Waals surface area (Å²) in [4.78, 5) is 41.2. The predicted octanol–water partition coefficient (Wildman–Crippen LogP) is 1.75. The van der Waals surface area contributed by atoms with Gasteiger partial charge in [0.2, 0.25) is 5.91 Å². The van der Waals surface area contributed by atoms with Gasteiger partial charge in [-0.3, -0.25) is 19.8 Å². The van der Waals surface area contributed by atoms with Gasteiger partial charge in [-0.05, 0) is 25.1 Å². The van der Waals surface area contributed by atoms with E-state index in [0.717, 1.165) is 13.1 Å². The Morgan fingerprint density at radius 1 is 1.04 bits per heavy atom. The summed E-state index contributed by atoms with van der Waals surface area (Å²) < 4.78 is 0. The monoisotopic (exact) mass is 331 g/mol. The lowest BCUT2D eigenvalue weighted by molar-refractivity contribution is -0.145. The Morgan fingerprint density at radius 3 is 2.21 bits per heavy atom. The van der Waals surface area contributed by atoms with Gasteiger partial charge in [0, 0.05) is 13.1 Å². The smallest absolute Gasteiger partial charge is 0.302 e. The molecule has 1 heterocycles. The van der Waals surface area contributed by atoms with E-state index < -0.39 is 23.3 Å². The Labute approximate surface area is 142 Å². The fraction of sp³-hybridized carbons (Fsp3) is 0.500. The third kappa shape index (κ3) is 3.06. The number of carbonyl (C=O) groups excluding carboxylic acids is 3. The minimum absolute atomic E-state index is 0.272. The summed E-state index contributed by atoms with van der Waals surface area (Å²) in [5.74, 6) is -0.970. The van der Waals surface area contributed by atoms with Crippen LogP contribution in [0.1, 0.15) is 32.8 Å². The highest BCUT2D eigenvalue weighted by molar-refractivity contribution is 6.22. The summed E-state index contributed by atoms with van der Waals surface area (Å²) in [5.41, 5.74) is -0.714. The predicted molar refractivity (Wildman–Crippen MR) is 91.5 cm³/mol. The molecule has 0 bridgehead atoms. The molecule has 0 saturated carbocycles. The van der Waals surface area contributed by atoms with E-state index in [1.807, 2.05) is 19.9 Å². The number of rotatable bonds is 7. The van der Waals surface area contributed by atoms with Crippen molar-refractivity contribution in [3.05, 3.63) is 35.9 Å². The number of nitrogens with one attached hydrogen (secondary N) is 1. The number of nitrogens with zero attached hydrogens (tertiary/aromatic N) is 2. The molecule has 1 N–H and O–H groups in total. The summed E-state index contributed by atoms with van der Waals surface area (Å²) in [6.45, 7) is 8.41. The van der Waals surface area contributed by atoms with Gasteiger partial charge in [-0.2, -0.15) is 0 Å². The van der Waals surface area contributed by atoms with Gasteiger partial charge in [0.05, 0.1) is 0 Å². The number of urea groups is 1. The normalized spacial score (nSPS) is 21.3. The first kappa shape index (κ1) is 18.1. The fourth-order valence-corrected chi connectivity index (χ4v) is 3.17. The zero-order valence-electron chi connectivity index (χ0n) is 14.5. The van der Waals surface area contributed by atoms with Crippen molar-refractivity contribution in [1.82, 2.24) is 15.1 Å². The fourth-order valence-electron chi connectivity index (χ4n) is 3.17. The topological polar surface area (TPSA) is 69.7 Å². The van der Waals surface area contributed by atoms with Crippen LogP contribution in [0.3, 0.4) is 0 Å². The summed E-state index contributed by atoms with van der Waals surface area (Å²) in [6.07, 6.45) is 0.302. The number of carbonyl (C=O) groups is 3. The quantitative estimate of drug-likeness (QED) is 0.773. The SMILES string of the molecule is CCN(CC)CCN1C(=O)NC(=O)[C@](CC)(c2ccccc2)C1=O. The zero-order valence-corrected chi connectivity index (χ0v) is 14.5. The molecule has 1 atom stereocenters. The third-order valence-corrected chi connectivity index (χ3v) is 4.79. The van der Waals surface area contributed by atoms with E-state index in [1.54, 1.807) is 31.2 Å². The molecule has 6 heteroatoms. The van der Waals surface area contributed by atoms with E-state index >= 15 is 0 Å². The van der Waals surface area contributed by atoms with E-state index in [1.165, 1.54) is 4.90 Å². The van der Waals surface area contributed by atoms with Crippen molar-refractivity contribution in [3.8, 4) is 0 Å². The molecular weight excluding hydrogens is 306 g/mol. The Hall–Kier alpha value is -2.21. The molecule has 1 aromatic carbocycles. The van der Waals surface area contributed by atoms with Crippen LogP contribution in [0.15, 0.2) is 30.3 Å². The molecule has 130 valence electrons. The Bertz CT molecular complexity index is 613. The van der Waals surface area contributed by atoms with Gasteiger partial charge in [-0.25, -0.2) is 4.79 Å². The number of amides is 4. The minimum Gasteiger partial charge on any atom is -0.302 e. The maximum Gasteiger partial charge on any atom is 0.330 e. The Morgan fingerprint density at radius 2 is 1.67 bits per heavy atom. The molecule has 0 spiro atoms. The molecule has 0 radical (unpaired) electrons. The molecule has 1 aromatic rings. The molecule has 1 aliphatic heterocycles. The average molecular weight is 331 g/mol. The maximum absolute atomic E-state index is 13.1. The van der Waals surface area contributed by atoms with E-state index in [4.69, 9.17) is 0 Å². The number of barbiturate groups is 1. The van der Waals surface area contributed by atoms with Crippen LogP contribution in [0.25, 0.3) is 0 Å². The largest absolute Gasteiger partial charge is 0.330 e. The van der Waals surface area contributed by atoms with Crippen LogP contribution < -0.4 is 5.32 Å². The van der Waals surface area contributed by atoms with Crippen molar-refractivity contribution in [1.29, 1.82) is 0 Å². The van der Waals surface area contributed by atoms with Crippen LogP contribution in [0.4, 0.5) is 4.79 Å². The second kappa shape index (κ2) is 7.57. The van der Waals surface area contributed by atoms with Gasteiger partial charge in [0.25, 0.3) is 5.91 Å². The van der Waals surface area contributed by atoms with Crippen LogP contribution >= 0.6 is 0 Å². The summed E-state index contributed by atoms with van der Waals surface area (Å²) >= 11 is 0. The number of hydrogen-bond donors (Lipinski definition) is 1. The van der Waals surface area contributed by atoms with Crippen molar-refractivity contribution in [2.75, 3.05) is 26.2 Å². The highest BCUT2D eigenvalue weighted by atomic mass is 16.2. The van der Waals surface area contributed by atoms with E-state index in [0.29, 0.717) is 18.5 Å². The molecule has 4 amide bonds. The summed E-state index contributed by atoms with van der Waals surface area (Å²) in [6, 6.07) is 8.32.